The van der Waals surface area contributed by atoms with Gasteiger partial charge in [-0.05, 0) is 43.5 Å². The molecule has 1 amide bonds. The number of hydrogen-bond acceptors (Lipinski definition) is 2. The third kappa shape index (κ3) is 2.19. The first-order valence-corrected chi connectivity index (χ1v) is 6.98. The average molecular weight is 275 g/mol. The number of amides is 1. The van der Waals surface area contributed by atoms with Gasteiger partial charge >= 0.3 is 0 Å². The zero-order valence-corrected chi connectivity index (χ0v) is 11.7. The molecule has 1 aliphatic heterocycles. The number of carbonyl (C=O) groups excluding carboxylic acids is 1. The van der Waals surface area contributed by atoms with Crippen molar-refractivity contribution in [2.45, 2.75) is 32.4 Å². The molecule has 20 heavy (non-hydrogen) atoms. The van der Waals surface area contributed by atoms with Crippen molar-refractivity contribution in [2.75, 3.05) is 6.54 Å². The van der Waals surface area contributed by atoms with Crippen LogP contribution in [-0.4, -0.2) is 30.0 Å². The van der Waals surface area contributed by atoms with Crippen molar-refractivity contribution in [3.8, 4) is 5.75 Å². The summed E-state index contributed by atoms with van der Waals surface area (Å²) in [6.07, 6.45) is 3.95. The van der Waals surface area contributed by atoms with E-state index in [-0.39, 0.29) is 18.0 Å². The van der Waals surface area contributed by atoms with Gasteiger partial charge in [-0.25, -0.2) is 4.39 Å². The number of carbonyl (C=O) groups is 1. The Morgan fingerprint density at radius 3 is 2.85 bits per heavy atom. The number of ether oxygens (including phenoxy) is 1. The van der Waals surface area contributed by atoms with Gasteiger partial charge in [0.15, 0.2) is 11.6 Å². The Kier molecular flexibility index (Phi) is 3.24. The third-order valence-electron chi connectivity index (χ3n) is 3.96. The van der Waals surface area contributed by atoms with Crippen molar-refractivity contribution < 1.29 is 13.9 Å². The molecule has 0 N–H and O–H groups in total. The molecular formula is C16H18FNO2. The van der Waals surface area contributed by atoms with Crippen LogP contribution in [0.15, 0.2) is 24.3 Å². The van der Waals surface area contributed by atoms with Crippen LogP contribution in [0.4, 0.5) is 4.39 Å². The number of benzene rings is 1. The Bertz CT molecular complexity index is 568. The van der Waals surface area contributed by atoms with Crippen LogP contribution in [0.2, 0.25) is 0 Å². The predicted octanol–water partition coefficient (Wildman–Crippen LogP) is 2.86. The van der Waals surface area contributed by atoms with Gasteiger partial charge in [0.05, 0.1) is 12.1 Å². The molecule has 0 saturated carbocycles. The second-order valence-corrected chi connectivity index (χ2v) is 5.74. The summed E-state index contributed by atoms with van der Waals surface area (Å²) in [5.41, 5.74) is 2.21. The Morgan fingerprint density at radius 2 is 2.25 bits per heavy atom. The van der Waals surface area contributed by atoms with Crippen LogP contribution in [0, 0.1) is 11.7 Å². The molecule has 2 unspecified atom stereocenters. The first-order valence-electron chi connectivity index (χ1n) is 6.98. The number of nitrogens with zero attached hydrogens (tertiary/aromatic N) is 1. The van der Waals surface area contributed by atoms with Crippen LogP contribution in [0.1, 0.15) is 25.8 Å². The monoisotopic (exact) mass is 275 g/mol. The maximum absolute atomic E-state index is 13.7. The fraction of sp³-hybridized carbons (Fsp3) is 0.438. The van der Waals surface area contributed by atoms with E-state index in [0.717, 1.165) is 24.9 Å². The van der Waals surface area contributed by atoms with Crippen molar-refractivity contribution in [3.63, 3.8) is 0 Å². The van der Waals surface area contributed by atoms with Gasteiger partial charge < -0.3 is 9.64 Å². The van der Waals surface area contributed by atoms with Gasteiger partial charge in [-0.2, -0.15) is 0 Å². The van der Waals surface area contributed by atoms with Crippen LogP contribution in [0.5, 0.6) is 5.75 Å². The van der Waals surface area contributed by atoms with E-state index >= 15 is 0 Å². The Labute approximate surface area is 118 Å². The lowest BCUT2D eigenvalue weighted by Crippen LogP contribution is -2.28. The largest absolute Gasteiger partial charge is 0.488 e. The van der Waals surface area contributed by atoms with Gasteiger partial charge in [0, 0.05) is 12.5 Å². The third-order valence-corrected chi connectivity index (χ3v) is 3.96. The van der Waals surface area contributed by atoms with Gasteiger partial charge in [0.25, 0.3) is 0 Å². The molecule has 1 aromatic carbocycles. The van der Waals surface area contributed by atoms with E-state index < -0.39 is 0 Å². The van der Waals surface area contributed by atoms with E-state index in [2.05, 4.69) is 6.08 Å². The molecule has 0 spiro atoms. The average Bonchev–Trinajstić information content (AvgIpc) is 3.00. The topological polar surface area (TPSA) is 29.5 Å². The van der Waals surface area contributed by atoms with Crippen molar-refractivity contribution in [1.29, 1.82) is 0 Å². The van der Waals surface area contributed by atoms with Crippen LogP contribution in [0.3, 0.4) is 0 Å². The first kappa shape index (κ1) is 13.2. The highest BCUT2D eigenvalue weighted by Gasteiger charge is 2.38. The molecule has 2 aliphatic rings. The minimum atomic E-state index is -0.333. The van der Waals surface area contributed by atoms with E-state index in [4.69, 9.17) is 4.74 Å². The minimum absolute atomic E-state index is 0.0562. The maximum atomic E-state index is 13.7. The van der Waals surface area contributed by atoms with Gasteiger partial charge in [0.2, 0.25) is 6.41 Å². The minimum Gasteiger partial charge on any atom is -0.488 e. The molecule has 1 aliphatic carbocycles. The highest BCUT2D eigenvalue weighted by Crippen LogP contribution is 2.42. The summed E-state index contributed by atoms with van der Waals surface area (Å²) in [5.74, 6) is 0.330. The van der Waals surface area contributed by atoms with Crippen molar-refractivity contribution >= 4 is 12.0 Å². The molecule has 2 atom stereocenters. The SMILES string of the molecule is CC(C)Oc1cc(C2=CC3CC2CN3C=O)ccc1F. The molecule has 106 valence electrons. The second kappa shape index (κ2) is 4.93. The van der Waals surface area contributed by atoms with E-state index in [0.29, 0.717) is 11.7 Å². The summed E-state index contributed by atoms with van der Waals surface area (Å²) in [7, 11) is 0. The van der Waals surface area contributed by atoms with Gasteiger partial charge in [-0.3, -0.25) is 4.79 Å². The van der Waals surface area contributed by atoms with Crippen LogP contribution in [-0.2, 0) is 4.79 Å². The number of fused-ring (bicyclic) bond motifs is 2. The molecule has 1 fully saturated rings. The number of likely N-dealkylation sites (tertiary alicyclic amines) is 1. The summed E-state index contributed by atoms with van der Waals surface area (Å²) in [5, 5.41) is 0. The fourth-order valence-corrected chi connectivity index (χ4v) is 3.10. The molecule has 0 aromatic heterocycles. The smallest absolute Gasteiger partial charge is 0.210 e. The van der Waals surface area contributed by atoms with Crippen LogP contribution >= 0.6 is 0 Å². The molecule has 3 rings (SSSR count). The Balaban J connectivity index is 1.89. The number of halogens is 1. The zero-order chi connectivity index (χ0) is 14.3. The molecular weight excluding hydrogens is 257 g/mol. The maximum Gasteiger partial charge on any atom is 0.210 e. The summed E-state index contributed by atoms with van der Waals surface area (Å²) in [6, 6.07) is 5.22. The first-order chi connectivity index (χ1) is 9.58. The van der Waals surface area contributed by atoms with Crippen molar-refractivity contribution in [3.05, 3.63) is 35.7 Å². The van der Waals surface area contributed by atoms with E-state index in [1.54, 1.807) is 12.1 Å². The highest BCUT2D eigenvalue weighted by atomic mass is 19.1. The summed E-state index contributed by atoms with van der Waals surface area (Å²) in [4.78, 5) is 12.7. The summed E-state index contributed by atoms with van der Waals surface area (Å²) < 4.78 is 19.2. The van der Waals surface area contributed by atoms with Gasteiger partial charge in [-0.15, -0.1) is 0 Å². The molecule has 4 heteroatoms. The molecule has 1 aromatic rings. The lowest BCUT2D eigenvalue weighted by molar-refractivity contribution is -0.118. The summed E-state index contributed by atoms with van der Waals surface area (Å²) in [6.45, 7) is 4.52. The Morgan fingerprint density at radius 1 is 1.45 bits per heavy atom. The molecule has 3 nitrogen and oxygen atoms in total. The molecule has 1 heterocycles. The Hall–Kier alpha value is -1.84. The standard InChI is InChI=1S/C16H18FNO2/c1-10(2)20-16-6-11(3-4-15(16)17)14-7-13-5-12(14)8-18(13)9-19/h3-4,6-7,9-10,12-13H,5,8H2,1-2H3. The quantitative estimate of drug-likeness (QED) is 0.791. The van der Waals surface area contributed by atoms with Crippen molar-refractivity contribution in [2.24, 2.45) is 5.92 Å². The van der Waals surface area contributed by atoms with E-state index in [1.165, 1.54) is 11.6 Å². The lowest BCUT2D eigenvalue weighted by atomic mass is 9.95. The van der Waals surface area contributed by atoms with E-state index in [1.807, 2.05) is 18.7 Å². The second-order valence-electron chi connectivity index (χ2n) is 5.74. The molecule has 1 saturated heterocycles. The highest BCUT2D eigenvalue weighted by molar-refractivity contribution is 5.74. The zero-order valence-electron chi connectivity index (χ0n) is 11.7. The normalized spacial score (nSPS) is 24.2. The van der Waals surface area contributed by atoms with Crippen LogP contribution in [0.25, 0.3) is 5.57 Å². The van der Waals surface area contributed by atoms with Gasteiger partial charge in [0.1, 0.15) is 0 Å². The number of hydrogen-bond donors (Lipinski definition) is 0. The molecule has 2 bridgehead atoms. The predicted molar refractivity (Wildman–Crippen MR) is 74.8 cm³/mol. The van der Waals surface area contributed by atoms with E-state index in [9.17, 15) is 9.18 Å². The number of rotatable bonds is 4. The lowest BCUT2D eigenvalue weighted by Gasteiger charge is -2.22. The van der Waals surface area contributed by atoms with Crippen molar-refractivity contribution in [1.82, 2.24) is 4.90 Å². The fourth-order valence-electron chi connectivity index (χ4n) is 3.10. The summed E-state index contributed by atoms with van der Waals surface area (Å²) >= 11 is 0. The van der Waals surface area contributed by atoms with Gasteiger partial charge in [-0.1, -0.05) is 12.1 Å². The van der Waals surface area contributed by atoms with Crippen LogP contribution < -0.4 is 4.74 Å². The molecule has 0 radical (unpaired) electrons.